The van der Waals surface area contributed by atoms with Gasteiger partial charge in [-0.1, -0.05) is 66.7 Å². The highest BCUT2D eigenvalue weighted by atomic mass is 31.1. The van der Waals surface area contributed by atoms with Gasteiger partial charge in [-0.15, -0.1) is 0 Å². The molecule has 3 unspecified atom stereocenters. The molecule has 2 aromatic heterocycles. The summed E-state index contributed by atoms with van der Waals surface area (Å²) in [6, 6.07) is 28.8. The fourth-order valence-electron chi connectivity index (χ4n) is 5.49. The summed E-state index contributed by atoms with van der Waals surface area (Å²) < 4.78 is 24.0. The number of rotatable bonds is 10. The maximum Gasteiger partial charge on any atom is 0.808 e. The maximum atomic E-state index is 12.8. The third kappa shape index (κ3) is 6.85. The molecule has 40 heavy (non-hydrogen) atoms. The van der Waals surface area contributed by atoms with Crippen LogP contribution in [0.1, 0.15) is 40.9 Å². The maximum absolute atomic E-state index is 12.8. The molecule has 2 N–H and O–H groups in total. The van der Waals surface area contributed by atoms with Gasteiger partial charge in [-0.25, -0.2) is 19.0 Å². The van der Waals surface area contributed by atoms with Crippen molar-refractivity contribution in [2.75, 3.05) is 11.9 Å². The highest BCUT2D eigenvalue weighted by Gasteiger charge is 2.29. The molecular weight excluding hydrogens is 519 g/mol. The van der Waals surface area contributed by atoms with Gasteiger partial charge in [-0.2, -0.15) is 0 Å². The quantitative estimate of drug-likeness (QED) is 0.218. The fraction of sp³-hybridized carbons (Fsp3) is 0.312. The largest absolute Gasteiger partial charge is 0.808 e. The van der Waals surface area contributed by atoms with Crippen LogP contribution in [-0.4, -0.2) is 22.6 Å². The van der Waals surface area contributed by atoms with Crippen LogP contribution in [0.4, 0.5) is 5.69 Å². The van der Waals surface area contributed by atoms with E-state index in [1.165, 1.54) is 11.1 Å². The summed E-state index contributed by atoms with van der Waals surface area (Å²) in [7, 11) is -2.47. The minimum Gasteiger partial charge on any atom is -0.383 e. The van der Waals surface area contributed by atoms with Gasteiger partial charge in [0.15, 0.2) is 0 Å². The number of benzene rings is 2. The fourth-order valence-corrected chi connectivity index (χ4v) is 6.03. The van der Waals surface area contributed by atoms with Crippen molar-refractivity contribution < 1.29 is 13.6 Å². The summed E-state index contributed by atoms with van der Waals surface area (Å²) in [6.45, 7) is 1.69. The Morgan fingerprint density at radius 1 is 0.750 bits per heavy atom. The average molecular weight is 554 g/mol. The van der Waals surface area contributed by atoms with Crippen LogP contribution in [0.25, 0.3) is 0 Å². The van der Waals surface area contributed by atoms with Gasteiger partial charge in [0.1, 0.15) is 0 Å². The van der Waals surface area contributed by atoms with E-state index in [1.807, 2.05) is 24.3 Å². The molecule has 3 atom stereocenters. The highest BCUT2D eigenvalue weighted by molar-refractivity contribution is 7.34. The number of hydrogen-bond acceptors (Lipinski definition) is 7. The van der Waals surface area contributed by atoms with Gasteiger partial charge < -0.3 is 10.6 Å². The smallest absolute Gasteiger partial charge is 0.383 e. The lowest BCUT2D eigenvalue weighted by molar-refractivity contribution is 0.397. The zero-order chi connectivity index (χ0) is 27.1. The molecule has 2 aliphatic heterocycles. The molecule has 0 aliphatic carbocycles. The molecular formula is C32H34N4O3P+. The molecule has 7 nitrogen and oxygen atoms in total. The molecule has 0 radical (unpaired) electrons. The molecule has 0 spiro atoms. The number of hydrogen-bond donors (Lipinski definition) is 2. The molecule has 4 aromatic rings. The summed E-state index contributed by atoms with van der Waals surface area (Å²) >= 11 is 0. The first kappa shape index (κ1) is 26.4. The van der Waals surface area contributed by atoms with Crippen molar-refractivity contribution in [3.8, 4) is 11.8 Å². The van der Waals surface area contributed by atoms with Crippen LogP contribution < -0.4 is 19.7 Å². The van der Waals surface area contributed by atoms with E-state index >= 15 is 0 Å². The van der Waals surface area contributed by atoms with Gasteiger partial charge in [0.25, 0.3) is 11.8 Å². The minimum absolute atomic E-state index is 0.300. The number of aryl methyl sites for hydroxylation is 2. The first-order chi connectivity index (χ1) is 19.7. The van der Waals surface area contributed by atoms with Crippen LogP contribution in [0.3, 0.4) is 0 Å². The zero-order valence-corrected chi connectivity index (χ0v) is 23.4. The monoisotopic (exact) mass is 553 g/mol. The van der Waals surface area contributed by atoms with E-state index in [-0.39, 0.29) is 0 Å². The van der Waals surface area contributed by atoms with E-state index in [9.17, 15) is 4.57 Å². The summed E-state index contributed by atoms with van der Waals surface area (Å²) in [4.78, 5) is 9.32. The molecule has 8 heteroatoms. The molecule has 0 saturated carbocycles. The second-order valence-corrected chi connectivity index (χ2v) is 11.4. The van der Waals surface area contributed by atoms with Crippen molar-refractivity contribution >= 4 is 13.9 Å². The Balaban J connectivity index is 1.03. The lowest BCUT2D eigenvalue weighted by Crippen LogP contribution is -2.36. The predicted octanol–water partition coefficient (Wildman–Crippen LogP) is 6.46. The molecule has 0 bridgehead atoms. The minimum atomic E-state index is -2.47. The zero-order valence-electron chi connectivity index (χ0n) is 22.5. The van der Waals surface area contributed by atoms with Crippen molar-refractivity contribution in [3.63, 3.8) is 0 Å². The van der Waals surface area contributed by atoms with E-state index in [2.05, 4.69) is 69.1 Å². The lowest BCUT2D eigenvalue weighted by Gasteiger charge is -2.25. The Morgan fingerprint density at radius 2 is 1.40 bits per heavy atom. The first-order valence-electron chi connectivity index (χ1n) is 14.0. The van der Waals surface area contributed by atoms with Gasteiger partial charge in [-0.05, 0) is 60.8 Å². The van der Waals surface area contributed by atoms with Crippen molar-refractivity contribution in [1.29, 1.82) is 0 Å². The van der Waals surface area contributed by atoms with E-state index in [0.29, 0.717) is 23.7 Å². The summed E-state index contributed by atoms with van der Waals surface area (Å²) in [5.74, 6) is 1.09. The van der Waals surface area contributed by atoms with Crippen LogP contribution >= 0.6 is 8.25 Å². The number of pyridine rings is 2. The molecule has 0 fully saturated rings. The topological polar surface area (TPSA) is 85.4 Å². The van der Waals surface area contributed by atoms with Gasteiger partial charge in [0.05, 0.1) is 17.1 Å². The average Bonchev–Trinajstić information content (AvgIpc) is 2.99. The predicted molar refractivity (Wildman–Crippen MR) is 157 cm³/mol. The molecule has 6 rings (SSSR count). The van der Waals surface area contributed by atoms with E-state index in [4.69, 9.17) is 9.05 Å². The number of nitrogens with zero attached hydrogens (tertiary/aromatic N) is 2. The second kappa shape index (κ2) is 12.6. The molecule has 2 aromatic carbocycles. The summed E-state index contributed by atoms with van der Waals surface area (Å²) in [5.41, 5.74) is 6.76. The summed E-state index contributed by atoms with van der Waals surface area (Å²) in [6.07, 6.45) is 5.82. The third-order valence-electron chi connectivity index (χ3n) is 7.72. The number of nitrogens with one attached hydrogen (secondary N) is 2. The van der Waals surface area contributed by atoms with E-state index < -0.39 is 8.25 Å². The molecule has 0 amide bonds. The Labute approximate surface area is 236 Å². The summed E-state index contributed by atoms with van der Waals surface area (Å²) in [5, 5.41) is 7.09. The Bertz CT molecular complexity index is 1340. The van der Waals surface area contributed by atoms with Crippen molar-refractivity contribution in [1.82, 2.24) is 15.3 Å². The first-order valence-corrected chi connectivity index (χ1v) is 15.1. The highest BCUT2D eigenvalue weighted by Crippen LogP contribution is 2.33. The van der Waals surface area contributed by atoms with Crippen LogP contribution in [0.2, 0.25) is 0 Å². The normalized spacial score (nSPS) is 18.1. The van der Waals surface area contributed by atoms with Crippen LogP contribution in [0.15, 0.2) is 84.9 Å². The van der Waals surface area contributed by atoms with Crippen molar-refractivity contribution in [3.05, 3.63) is 113 Å². The third-order valence-corrected chi connectivity index (χ3v) is 8.39. The van der Waals surface area contributed by atoms with Crippen LogP contribution in [0, 0.1) is 5.92 Å². The van der Waals surface area contributed by atoms with E-state index in [1.54, 1.807) is 12.1 Å². The standard InChI is InChI=1S/C32H34N4O3P/c37-40(38-31-17-14-26-22-33-27(20-29(26)35-31)15-13-24-9-5-2-6-10-24)39-32-18-16-28-30(36-32)19-25(21-34-28)12-11-23-7-3-1-4-8-23/h1-10,14,16-18,25,27,33-34H,11-13,15,19-22H2/q+1. The van der Waals surface area contributed by atoms with Gasteiger partial charge >= 0.3 is 8.25 Å². The molecule has 4 heterocycles. The molecule has 2 aliphatic rings. The van der Waals surface area contributed by atoms with E-state index in [0.717, 1.165) is 74.3 Å². The molecule has 204 valence electrons. The van der Waals surface area contributed by atoms with Crippen molar-refractivity contribution in [2.45, 2.75) is 51.1 Å². The van der Waals surface area contributed by atoms with Crippen molar-refractivity contribution in [2.24, 2.45) is 5.92 Å². The SMILES string of the molecule is O=[P+](Oc1ccc2c(n1)CC(CCc1ccccc1)NC2)Oc1ccc2c(n1)CC(CCc1ccccc1)CN2. The van der Waals surface area contributed by atoms with Crippen LogP contribution in [-0.2, 0) is 36.8 Å². The lowest BCUT2D eigenvalue weighted by atomic mass is 9.92. The number of fused-ring (bicyclic) bond motifs is 2. The van der Waals surface area contributed by atoms with Crippen LogP contribution in [0.5, 0.6) is 11.8 Å². The number of anilines is 1. The van der Waals surface area contributed by atoms with Gasteiger partial charge in [-0.3, -0.25) is 0 Å². The van der Waals surface area contributed by atoms with Gasteiger partial charge in [0, 0.05) is 42.2 Å². The number of aromatic nitrogens is 2. The second-order valence-electron chi connectivity index (χ2n) is 10.6. The van der Waals surface area contributed by atoms with Gasteiger partial charge in [0.2, 0.25) is 0 Å². The Morgan fingerprint density at radius 3 is 2.12 bits per heavy atom. The molecule has 0 saturated heterocycles. The Kier molecular flexibility index (Phi) is 8.31. The Hall–Kier alpha value is -3.80.